The Morgan fingerprint density at radius 1 is 1.12 bits per heavy atom. The summed E-state index contributed by atoms with van der Waals surface area (Å²) >= 11 is 0. The lowest BCUT2D eigenvalue weighted by molar-refractivity contribution is -0.135. The number of amides is 2. The minimum Gasteiger partial charge on any atom is -0.465 e. The Labute approximate surface area is 98.0 Å². The van der Waals surface area contributed by atoms with Gasteiger partial charge in [-0.2, -0.15) is 0 Å². The standard InChI is InChI=1S/C11H12N2O4/c1-12-9(14)10(15)13-8-6-4-3-5-7(8)11(16)17-2/h3-6H,1-2H3,(H,12,14)(H,13,15). The van der Waals surface area contributed by atoms with Crippen molar-refractivity contribution in [2.45, 2.75) is 0 Å². The number of likely N-dealkylation sites (N-methyl/N-ethyl adjacent to an activating group) is 1. The number of carbonyl (C=O) groups is 3. The molecule has 1 aromatic carbocycles. The summed E-state index contributed by atoms with van der Waals surface area (Å²) in [6.45, 7) is 0. The summed E-state index contributed by atoms with van der Waals surface area (Å²) < 4.78 is 4.55. The predicted molar refractivity (Wildman–Crippen MR) is 60.5 cm³/mol. The van der Waals surface area contributed by atoms with E-state index in [1.54, 1.807) is 12.1 Å². The van der Waals surface area contributed by atoms with Gasteiger partial charge >= 0.3 is 17.8 Å². The van der Waals surface area contributed by atoms with Crippen LogP contribution in [0, 0.1) is 0 Å². The highest BCUT2D eigenvalue weighted by Crippen LogP contribution is 2.15. The topological polar surface area (TPSA) is 84.5 Å². The first kappa shape index (κ1) is 12.7. The van der Waals surface area contributed by atoms with E-state index in [-0.39, 0.29) is 11.3 Å². The number of ether oxygens (including phenoxy) is 1. The molecule has 6 heteroatoms. The van der Waals surface area contributed by atoms with Crippen LogP contribution in [0.5, 0.6) is 0 Å². The fourth-order valence-corrected chi connectivity index (χ4v) is 1.17. The zero-order valence-corrected chi connectivity index (χ0v) is 9.44. The number of anilines is 1. The summed E-state index contributed by atoms with van der Waals surface area (Å²) in [6, 6.07) is 6.26. The third-order valence-corrected chi connectivity index (χ3v) is 2.01. The fraction of sp³-hybridized carbons (Fsp3) is 0.182. The molecule has 0 fully saturated rings. The Bertz CT molecular complexity index is 457. The van der Waals surface area contributed by atoms with Gasteiger partial charge in [0.1, 0.15) is 0 Å². The largest absolute Gasteiger partial charge is 0.465 e. The molecule has 0 aromatic heterocycles. The summed E-state index contributed by atoms with van der Waals surface area (Å²) in [6.07, 6.45) is 0. The lowest BCUT2D eigenvalue weighted by atomic mass is 10.2. The molecule has 0 heterocycles. The van der Waals surface area contributed by atoms with Crippen LogP contribution in [-0.2, 0) is 14.3 Å². The van der Waals surface area contributed by atoms with Crippen molar-refractivity contribution in [2.24, 2.45) is 0 Å². The highest BCUT2D eigenvalue weighted by molar-refractivity contribution is 6.39. The minimum atomic E-state index is -0.844. The van der Waals surface area contributed by atoms with Gasteiger partial charge in [-0.3, -0.25) is 9.59 Å². The van der Waals surface area contributed by atoms with Crippen LogP contribution in [0.25, 0.3) is 0 Å². The second kappa shape index (κ2) is 5.64. The van der Waals surface area contributed by atoms with E-state index in [1.165, 1.54) is 26.3 Å². The highest BCUT2D eigenvalue weighted by Gasteiger charge is 2.16. The van der Waals surface area contributed by atoms with Crippen LogP contribution in [0.2, 0.25) is 0 Å². The number of nitrogens with one attached hydrogen (secondary N) is 2. The van der Waals surface area contributed by atoms with Crippen molar-refractivity contribution in [3.63, 3.8) is 0 Å². The highest BCUT2D eigenvalue weighted by atomic mass is 16.5. The molecule has 1 rings (SSSR count). The van der Waals surface area contributed by atoms with Gasteiger partial charge in [-0.15, -0.1) is 0 Å². The second-order valence-electron chi connectivity index (χ2n) is 3.07. The number of carbonyl (C=O) groups excluding carboxylic acids is 3. The first-order valence-electron chi connectivity index (χ1n) is 4.80. The number of rotatable bonds is 2. The molecule has 0 aliphatic carbocycles. The lowest BCUT2D eigenvalue weighted by Crippen LogP contribution is -2.33. The summed E-state index contributed by atoms with van der Waals surface area (Å²) in [5.74, 6) is -2.22. The summed E-state index contributed by atoms with van der Waals surface area (Å²) in [5, 5.41) is 4.51. The van der Waals surface area contributed by atoms with Gasteiger partial charge in [-0.1, -0.05) is 12.1 Å². The van der Waals surface area contributed by atoms with Gasteiger partial charge in [0.15, 0.2) is 0 Å². The Hall–Kier alpha value is -2.37. The zero-order valence-electron chi connectivity index (χ0n) is 9.44. The number of esters is 1. The zero-order chi connectivity index (χ0) is 12.8. The van der Waals surface area contributed by atoms with Gasteiger partial charge in [-0.25, -0.2) is 4.79 Å². The van der Waals surface area contributed by atoms with Crippen LogP contribution in [0.4, 0.5) is 5.69 Å². The molecular formula is C11H12N2O4. The molecule has 0 unspecified atom stereocenters. The molecule has 6 nitrogen and oxygen atoms in total. The van der Waals surface area contributed by atoms with Gasteiger partial charge < -0.3 is 15.4 Å². The van der Waals surface area contributed by atoms with Crippen LogP contribution in [-0.4, -0.2) is 31.9 Å². The van der Waals surface area contributed by atoms with E-state index in [1.807, 2.05) is 0 Å². The Morgan fingerprint density at radius 2 is 1.76 bits per heavy atom. The molecule has 1 aromatic rings. The van der Waals surface area contributed by atoms with Gasteiger partial charge in [0.25, 0.3) is 0 Å². The van der Waals surface area contributed by atoms with Crippen molar-refractivity contribution in [2.75, 3.05) is 19.5 Å². The van der Waals surface area contributed by atoms with Crippen molar-refractivity contribution < 1.29 is 19.1 Å². The van der Waals surface area contributed by atoms with Crippen molar-refractivity contribution in [3.05, 3.63) is 29.8 Å². The normalized spacial score (nSPS) is 9.29. The molecular weight excluding hydrogens is 224 g/mol. The molecule has 90 valence electrons. The van der Waals surface area contributed by atoms with Crippen LogP contribution < -0.4 is 10.6 Å². The summed E-state index contributed by atoms with van der Waals surface area (Å²) in [5.41, 5.74) is 0.417. The molecule has 0 spiro atoms. The van der Waals surface area contributed by atoms with Crippen molar-refractivity contribution in [1.82, 2.24) is 5.32 Å². The van der Waals surface area contributed by atoms with Crippen LogP contribution in [0.1, 0.15) is 10.4 Å². The predicted octanol–water partition coefficient (Wildman–Crippen LogP) is 0.158. The summed E-state index contributed by atoms with van der Waals surface area (Å²) in [7, 11) is 2.58. The maximum Gasteiger partial charge on any atom is 0.339 e. The number of methoxy groups -OCH3 is 1. The Kier molecular flexibility index (Phi) is 4.21. The SMILES string of the molecule is CNC(=O)C(=O)Nc1ccccc1C(=O)OC. The van der Waals surface area contributed by atoms with E-state index < -0.39 is 17.8 Å². The number of benzene rings is 1. The van der Waals surface area contributed by atoms with E-state index in [9.17, 15) is 14.4 Å². The average molecular weight is 236 g/mol. The van der Waals surface area contributed by atoms with E-state index in [2.05, 4.69) is 15.4 Å². The minimum absolute atomic E-state index is 0.187. The molecule has 0 atom stereocenters. The fourth-order valence-electron chi connectivity index (χ4n) is 1.17. The number of para-hydroxylation sites is 1. The molecule has 0 radical (unpaired) electrons. The van der Waals surface area contributed by atoms with Crippen molar-refractivity contribution in [3.8, 4) is 0 Å². The third kappa shape index (κ3) is 3.04. The maximum absolute atomic E-state index is 11.4. The number of hydrogen-bond donors (Lipinski definition) is 2. The molecule has 0 aliphatic rings. The van der Waals surface area contributed by atoms with Gasteiger partial charge in [0.2, 0.25) is 0 Å². The first-order chi connectivity index (χ1) is 8.10. The molecule has 17 heavy (non-hydrogen) atoms. The molecule has 2 N–H and O–H groups in total. The monoisotopic (exact) mass is 236 g/mol. The van der Waals surface area contributed by atoms with Gasteiger partial charge in [0, 0.05) is 7.05 Å². The van der Waals surface area contributed by atoms with E-state index in [0.717, 1.165) is 0 Å². The van der Waals surface area contributed by atoms with Crippen LogP contribution >= 0.6 is 0 Å². The van der Waals surface area contributed by atoms with Gasteiger partial charge in [-0.05, 0) is 12.1 Å². The summed E-state index contributed by atoms with van der Waals surface area (Å²) in [4.78, 5) is 33.7. The average Bonchev–Trinajstić information content (AvgIpc) is 2.37. The van der Waals surface area contributed by atoms with E-state index in [0.29, 0.717) is 0 Å². The molecule has 0 saturated heterocycles. The Balaban J connectivity index is 2.95. The third-order valence-electron chi connectivity index (χ3n) is 2.01. The Morgan fingerprint density at radius 3 is 2.35 bits per heavy atom. The van der Waals surface area contributed by atoms with E-state index in [4.69, 9.17) is 0 Å². The molecule has 0 aliphatic heterocycles. The maximum atomic E-state index is 11.4. The van der Waals surface area contributed by atoms with Gasteiger partial charge in [0.05, 0.1) is 18.4 Å². The lowest BCUT2D eigenvalue weighted by Gasteiger charge is -2.08. The molecule has 0 bridgehead atoms. The van der Waals surface area contributed by atoms with Crippen LogP contribution in [0.15, 0.2) is 24.3 Å². The van der Waals surface area contributed by atoms with Crippen molar-refractivity contribution >= 4 is 23.5 Å². The first-order valence-corrected chi connectivity index (χ1v) is 4.80. The quantitative estimate of drug-likeness (QED) is 0.565. The second-order valence-corrected chi connectivity index (χ2v) is 3.07. The van der Waals surface area contributed by atoms with E-state index >= 15 is 0 Å². The van der Waals surface area contributed by atoms with Crippen LogP contribution in [0.3, 0.4) is 0 Å². The number of hydrogen-bond acceptors (Lipinski definition) is 4. The van der Waals surface area contributed by atoms with Crippen molar-refractivity contribution in [1.29, 1.82) is 0 Å². The molecule has 0 saturated carbocycles. The smallest absolute Gasteiger partial charge is 0.339 e. The molecule has 2 amide bonds.